The molecule has 0 saturated heterocycles. The van der Waals surface area contributed by atoms with Crippen LogP contribution in [0.5, 0.6) is 0 Å². The molecule has 1 heterocycles. The predicted octanol–water partition coefficient (Wildman–Crippen LogP) is 3.13. The van der Waals surface area contributed by atoms with Crippen LogP contribution in [0.15, 0.2) is 18.2 Å². The second-order valence-corrected chi connectivity index (χ2v) is 6.60. The standard InChI is InChI=1S/C17H22N2O.ClH/c20-17(16(12-1-2-12)13-3-4-13)19-15-6-5-11-7-8-18-10-14(11)9-15;/h5-6,9,12-13,16,18H,1-4,7-8,10H2,(H,19,20);1H. The van der Waals surface area contributed by atoms with Crippen molar-refractivity contribution >= 4 is 24.0 Å². The topological polar surface area (TPSA) is 41.1 Å². The van der Waals surface area contributed by atoms with Crippen molar-refractivity contribution in [3.05, 3.63) is 29.3 Å². The van der Waals surface area contributed by atoms with Crippen LogP contribution in [-0.2, 0) is 17.8 Å². The summed E-state index contributed by atoms with van der Waals surface area (Å²) in [6, 6.07) is 6.39. The highest BCUT2D eigenvalue weighted by Gasteiger charge is 2.45. The van der Waals surface area contributed by atoms with Gasteiger partial charge in [-0.15, -0.1) is 12.4 Å². The first-order chi connectivity index (χ1) is 9.81. The average molecular weight is 307 g/mol. The molecule has 4 heteroatoms. The third-order valence-corrected chi connectivity index (χ3v) is 4.92. The van der Waals surface area contributed by atoms with Crippen molar-refractivity contribution in [2.24, 2.45) is 17.8 Å². The van der Waals surface area contributed by atoms with Gasteiger partial charge in [-0.05, 0) is 73.7 Å². The number of anilines is 1. The SMILES string of the molecule is Cl.O=C(Nc1ccc2c(c1)CNCC2)C(C1CC1)C1CC1. The highest BCUT2D eigenvalue weighted by Crippen LogP contribution is 2.49. The van der Waals surface area contributed by atoms with Crippen molar-refractivity contribution in [1.82, 2.24) is 5.32 Å². The van der Waals surface area contributed by atoms with E-state index in [1.807, 2.05) is 0 Å². The minimum absolute atomic E-state index is 0. The van der Waals surface area contributed by atoms with Crippen LogP contribution in [0.3, 0.4) is 0 Å². The highest BCUT2D eigenvalue weighted by molar-refractivity contribution is 5.93. The molecule has 0 spiro atoms. The Labute approximate surface area is 132 Å². The molecule has 114 valence electrons. The Balaban J connectivity index is 0.00000132. The van der Waals surface area contributed by atoms with Crippen molar-refractivity contribution in [1.29, 1.82) is 0 Å². The third-order valence-electron chi connectivity index (χ3n) is 4.92. The molecule has 21 heavy (non-hydrogen) atoms. The number of rotatable bonds is 4. The number of nitrogens with one attached hydrogen (secondary N) is 2. The van der Waals surface area contributed by atoms with Gasteiger partial charge in [0.1, 0.15) is 0 Å². The van der Waals surface area contributed by atoms with Gasteiger partial charge in [0.15, 0.2) is 0 Å². The number of hydrogen-bond acceptors (Lipinski definition) is 2. The lowest BCUT2D eigenvalue weighted by molar-refractivity contribution is -0.121. The molecule has 3 aliphatic rings. The molecule has 1 amide bonds. The Hall–Kier alpha value is -1.06. The fourth-order valence-electron chi connectivity index (χ4n) is 3.51. The van der Waals surface area contributed by atoms with E-state index >= 15 is 0 Å². The molecule has 1 aromatic carbocycles. The van der Waals surface area contributed by atoms with Gasteiger partial charge in [-0.2, -0.15) is 0 Å². The maximum absolute atomic E-state index is 12.5. The van der Waals surface area contributed by atoms with E-state index in [4.69, 9.17) is 0 Å². The normalized spacial score (nSPS) is 20.6. The summed E-state index contributed by atoms with van der Waals surface area (Å²) in [7, 11) is 0. The van der Waals surface area contributed by atoms with Crippen LogP contribution >= 0.6 is 12.4 Å². The van der Waals surface area contributed by atoms with Crippen molar-refractivity contribution in [3.63, 3.8) is 0 Å². The van der Waals surface area contributed by atoms with Crippen molar-refractivity contribution < 1.29 is 4.79 Å². The molecular formula is C17H23ClN2O. The average Bonchev–Trinajstić information content (AvgIpc) is 3.33. The quantitative estimate of drug-likeness (QED) is 0.897. The molecule has 0 bridgehead atoms. The second kappa shape index (κ2) is 5.98. The number of fused-ring (bicyclic) bond motifs is 1. The Morgan fingerprint density at radius 1 is 1.14 bits per heavy atom. The Morgan fingerprint density at radius 2 is 1.86 bits per heavy atom. The van der Waals surface area contributed by atoms with Crippen LogP contribution in [0.4, 0.5) is 5.69 Å². The number of amides is 1. The van der Waals surface area contributed by atoms with E-state index in [-0.39, 0.29) is 24.2 Å². The molecule has 0 atom stereocenters. The summed E-state index contributed by atoms with van der Waals surface area (Å²) < 4.78 is 0. The van der Waals surface area contributed by atoms with Gasteiger partial charge in [0, 0.05) is 18.2 Å². The van der Waals surface area contributed by atoms with Crippen LogP contribution in [0, 0.1) is 17.8 Å². The molecule has 1 aliphatic heterocycles. The van der Waals surface area contributed by atoms with Crippen molar-refractivity contribution in [2.75, 3.05) is 11.9 Å². The van der Waals surface area contributed by atoms with Crippen LogP contribution in [0.25, 0.3) is 0 Å². The summed E-state index contributed by atoms with van der Waals surface area (Å²) in [4.78, 5) is 12.5. The molecule has 3 nitrogen and oxygen atoms in total. The molecular weight excluding hydrogens is 284 g/mol. The summed E-state index contributed by atoms with van der Waals surface area (Å²) in [5.74, 6) is 1.88. The number of carbonyl (C=O) groups is 1. The molecule has 2 fully saturated rings. The van der Waals surface area contributed by atoms with Crippen LogP contribution in [0.1, 0.15) is 36.8 Å². The van der Waals surface area contributed by atoms with Gasteiger partial charge < -0.3 is 10.6 Å². The first kappa shape index (κ1) is 14.9. The predicted molar refractivity (Wildman–Crippen MR) is 86.7 cm³/mol. The zero-order chi connectivity index (χ0) is 13.5. The van der Waals surface area contributed by atoms with E-state index < -0.39 is 0 Å². The third kappa shape index (κ3) is 3.24. The Morgan fingerprint density at radius 3 is 2.52 bits per heavy atom. The molecule has 4 rings (SSSR count). The molecule has 0 unspecified atom stereocenters. The fraction of sp³-hybridized carbons (Fsp3) is 0.588. The maximum Gasteiger partial charge on any atom is 0.228 e. The first-order valence-electron chi connectivity index (χ1n) is 7.94. The second-order valence-electron chi connectivity index (χ2n) is 6.60. The minimum atomic E-state index is 0. The van der Waals surface area contributed by atoms with Gasteiger partial charge in [-0.1, -0.05) is 6.07 Å². The first-order valence-corrected chi connectivity index (χ1v) is 7.94. The molecule has 2 saturated carbocycles. The largest absolute Gasteiger partial charge is 0.326 e. The van der Waals surface area contributed by atoms with E-state index in [9.17, 15) is 4.79 Å². The minimum Gasteiger partial charge on any atom is -0.326 e. The van der Waals surface area contributed by atoms with Gasteiger partial charge in [0.05, 0.1) is 0 Å². The van der Waals surface area contributed by atoms with E-state index in [1.165, 1.54) is 36.8 Å². The lowest BCUT2D eigenvalue weighted by Gasteiger charge is -2.19. The summed E-state index contributed by atoms with van der Waals surface area (Å²) >= 11 is 0. The molecule has 0 aromatic heterocycles. The lowest BCUT2D eigenvalue weighted by Crippen LogP contribution is -2.27. The fourth-order valence-corrected chi connectivity index (χ4v) is 3.51. The number of benzene rings is 1. The van der Waals surface area contributed by atoms with Crippen molar-refractivity contribution in [3.8, 4) is 0 Å². The monoisotopic (exact) mass is 306 g/mol. The zero-order valence-electron chi connectivity index (χ0n) is 12.2. The van der Waals surface area contributed by atoms with Crippen LogP contribution in [0.2, 0.25) is 0 Å². The van der Waals surface area contributed by atoms with E-state index in [0.29, 0.717) is 11.8 Å². The van der Waals surface area contributed by atoms with Crippen LogP contribution in [-0.4, -0.2) is 12.5 Å². The molecule has 1 aromatic rings. The number of hydrogen-bond donors (Lipinski definition) is 2. The zero-order valence-corrected chi connectivity index (χ0v) is 13.0. The van der Waals surface area contributed by atoms with Crippen molar-refractivity contribution in [2.45, 2.75) is 38.6 Å². The summed E-state index contributed by atoms with van der Waals surface area (Å²) in [6.45, 7) is 1.98. The molecule has 0 radical (unpaired) electrons. The Bertz CT molecular complexity index is 526. The van der Waals surface area contributed by atoms with Crippen LogP contribution < -0.4 is 10.6 Å². The van der Waals surface area contributed by atoms with Gasteiger partial charge in [0.25, 0.3) is 0 Å². The number of carbonyl (C=O) groups excluding carboxylic acids is 1. The van der Waals surface area contributed by atoms with Gasteiger partial charge >= 0.3 is 0 Å². The van der Waals surface area contributed by atoms with E-state index in [1.54, 1.807) is 0 Å². The molecule has 2 N–H and O–H groups in total. The highest BCUT2D eigenvalue weighted by atomic mass is 35.5. The smallest absolute Gasteiger partial charge is 0.228 e. The maximum atomic E-state index is 12.5. The van der Waals surface area contributed by atoms with Gasteiger partial charge in [-0.3, -0.25) is 4.79 Å². The van der Waals surface area contributed by atoms with Gasteiger partial charge in [-0.25, -0.2) is 0 Å². The summed E-state index contributed by atoms with van der Waals surface area (Å²) in [6.07, 6.45) is 6.10. The molecule has 2 aliphatic carbocycles. The summed E-state index contributed by atoms with van der Waals surface area (Å²) in [5.41, 5.74) is 3.73. The van der Waals surface area contributed by atoms with Gasteiger partial charge in [0.2, 0.25) is 5.91 Å². The van der Waals surface area contributed by atoms with E-state index in [0.717, 1.165) is 25.2 Å². The van der Waals surface area contributed by atoms with E-state index in [2.05, 4.69) is 28.8 Å². The lowest BCUT2D eigenvalue weighted by atomic mass is 9.96. The Kier molecular flexibility index (Phi) is 4.23. The summed E-state index contributed by atoms with van der Waals surface area (Å²) in [5, 5.41) is 6.56. The number of halogens is 1.